The van der Waals surface area contributed by atoms with E-state index < -0.39 is 0 Å². The number of hydrogen-bond donors (Lipinski definition) is 1. The molecule has 4 nitrogen and oxygen atoms in total. The Bertz CT molecular complexity index is 1130. The zero-order chi connectivity index (χ0) is 22.8. The van der Waals surface area contributed by atoms with E-state index in [1.165, 1.54) is 27.6 Å². The molecule has 2 aromatic carbocycles. The van der Waals surface area contributed by atoms with Gasteiger partial charge in [-0.25, -0.2) is 0 Å². The predicted molar refractivity (Wildman–Crippen MR) is 142 cm³/mol. The molecule has 180 valence electrons. The fourth-order valence-corrected chi connectivity index (χ4v) is 5.98. The molecule has 1 saturated carbocycles. The summed E-state index contributed by atoms with van der Waals surface area (Å²) in [6.45, 7) is 1.69. The van der Waals surface area contributed by atoms with Gasteiger partial charge in [-0.2, -0.15) is 0 Å². The van der Waals surface area contributed by atoms with E-state index in [4.69, 9.17) is 0 Å². The van der Waals surface area contributed by atoms with E-state index in [0.717, 1.165) is 51.6 Å². The molecule has 5 rings (SSSR count). The number of piperidine rings is 1. The molecule has 1 N–H and O–H groups in total. The van der Waals surface area contributed by atoms with Crippen LogP contribution in [0.15, 0.2) is 72.4 Å². The molecule has 0 spiro atoms. The number of allylic oxidation sites excluding steroid dienone is 1. The molecule has 34 heavy (non-hydrogen) atoms. The summed E-state index contributed by atoms with van der Waals surface area (Å²) in [6.07, 6.45) is 10.3. The molecule has 0 unspecified atom stereocenters. The van der Waals surface area contributed by atoms with Crippen LogP contribution in [0, 0.1) is 0 Å². The van der Waals surface area contributed by atoms with Crippen LogP contribution in [0.25, 0.3) is 10.9 Å². The van der Waals surface area contributed by atoms with Crippen molar-refractivity contribution in [2.75, 3.05) is 27.2 Å². The van der Waals surface area contributed by atoms with E-state index in [1.54, 1.807) is 0 Å². The molecule has 1 saturated heterocycles. The highest BCUT2D eigenvalue weighted by Gasteiger charge is 2.37. The second-order valence-electron chi connectivity index (χ2n) is 9.98. The van der Waals surface area contributed by atoms with Crippen LogP contribution in [0.5, 0.6) is 0 Å². The van der Waals surface area contributed by atoms with Crippen LogP contribution >= 0.6 is 12.4 Å². The van der Waals surface area contributed by atoms with Crippen molar-refractivity contribution in [3.8, 4) is 0 Å². The Morgan fingerprint density at radius 1 is 1.00 bits per heavy atom. The van der Waals surface area contributed by atoms with Gasteiger partial charge >= 0.3 is 0 Å². The summed E-state index contributed by atoms with van der Waals surface area (Å²) in [6, 6.07) is 19.4. The van der Waals surface area contributed by atoms with Crippen molar-refractivity contribution in [2.24, 2.45) is 0 Å². The van der Waals surface area contributed by atoms with E-state index in [0.29, 0.717) is 5.92 Å². The average molecular weight is 478 g/mol. The van der Waals surface area contributed by atoms with E-state index in [-0.39, 0.29) is 23.9 Å². The number of carbonyl (C=O) groups is 1. The van der Waals surface area contributed by atoms with Crippen molar-refractivity contribution in [2.45, 2.75) is 50.0 Å². The number of H-pyrrole nitrogens is 1. The number of aromatic nitrogens is 1. The minimum Gasteiger partial charge on any atom is -0.361 e. The van der Waals surface area contributed by atoms with Gasteiger partial charge in [-0.1, -0.05) is 54.1 Å². The highest BCUT2D eigenvalue weighted by atomic mass is 35.5. The third kappa shape index (κ3) is 4.67. The maximum atomic E-state index is 13.1. The average Bonchev–Trinajstić information content (AvgIpc) is 3.29. The number of hydrogen-bond acceptors (Lipinski definition) is 2. The molecule has 2 aliphatic rings. The van der Waals surface area contributed by atoms with E-state index in [1.807, 2.05) is 6.08 Å². The van der Waals surface area contributed by atoms with Crippen LogP contribution in [0.3, 0.4) is 0 Å². The number of amides is 1. The maximum absolute atomic E-state index is 13.1. The first-order chi connectivity index (χ1) is 16.1. The van der Waals surface area contributed by atoms with Crippen molar-refractivity contribution in [3.05, 3.63) is 83.6 Å². The second-order valence-corrected chi connectivity index (χ2v) is 9.98. The largest absolute Gasteiger partial charge is 0.361 e. The summed E-state index contributed by atoms with van der Waals surface area (Å²) in [5.41, 5.74) is 5.38. The summed E-state index contributed by atoms with van der Waals surface area (Å²) >= 11 is 0. The quantitative estimate of drug-likeness (QED) is 0.451. The minimum atomic E-state index is 0. The summed E-state index contributed by atoms with van der Waals surface area (Å²) in [5, 5.41) is 1.33. The first-order valence-electron chi connectivity index (χ1n) is 12.3. The molecule has 1 aromatic heterocycles. The molecule has 1 amide bonds. The molecule has 0 bridgehead atoms. The van der Waals surface area contributed by atoms with Crippen LogP contribution in [-0.4, -0.2) is 47.9 Å². The Hall–Kier alpha value is -2.56. The Kier molecular flexibility index (Phi) is 7.49. The lowest BCUT2D eigenvalue weighted by atomic mass is 9.74. The number of nitrogens with one attached hydrogen (secondary N) is 1. The Morgan fingerprint density at radius 2 is 1.65 bits per heavy atom. The predicted octanol–water partition coefficient (Wildman–Crippen LogP) is 6.25. The first kappa shape index (κ1) is 24.6. The third-order valence-corrected chi connectivity index (χ3v) is 8.08. The minimum absolute atomic E-state index is 0. The number of carbonyl (C=O) groups excluding carboxylic acids is 1. The van der Waals surface area contributed by atoms with Gasteiger partial charge < -0.3 is 9.88 Å². The monoisotopic (exact) mass is 477 g/mol. The van der Waals surface area contributed by atoms with Gasteiger partial charge in [0.1, 0.15) is 0 Å². The Balaban J connectivity index is 0.00000274. The van der Waals surface area contributed by atoms with Crippen molar-refractivity contribution < 1.29 is 4.79 Å². The maximum Gasteiger partial charge on any atom is 0.246 e. The fraction of sp³-hybridized carbons (Fsp3) is 0.414. The van der Waals surface area contributed by atoms with Gasteiger partial charge in [0.2, 0.25) is 5.91 Å². The lowest BCUT2D eigenvalue weighted by molar-refractivity contribution is -0.127. The summed E-state index contributed by atoms with van der Waals surface area (Å²) in [7, 11) is 4.37. The Morgan fingerprint density at radius 3 is 2.32 bits per heavy atom. The van der Waals surface area contributed by atoms with Crippen molar-refractivity contribution in [3.63, 3.8) is 0 Å². The molecular weight excluding hydrogens is 442 g/mol. The molecule has 0 atom stereocenters. The number of rotatable bonds is 4. The topological polar surface area (TPSA) is 39.3 Å². The molecule has 1 aliphatic heterocycles. The van der Waals surface area contributed by atoms with Crippen LogP contribution in [-0.2, 0) is 10.3 Å². The van der Waals surface area contributed by atoms with Gasteiger partial charge in [-0.05, 0) is 75.7 Å². The van der Waals surface area contributed by atoms with Crippen molar-refractivity contribution in [1.82, 2.24) is 14.8 Å². The van der Waals surface area contributed by atoms with Gasteiger partial charge in [0.25, 0.3) is 0 Å². The number of nitrogens with zero attached hydrogens (tertiary/aromatic N) is 2. The normalized spacial score (nSPS) is 21.5. The first-order valence-corrected chi connectivity index (χ1v) is 12.3. The van der Waals surface area contributed by atoms with Crippen LogP contribution in [0.1, 0.15) is 55.6 Å². The zero-order valence-corrected chi connectivity index (χ0v) is 21.1. The van der Waals surface area contributed by atoms with Gasteiger partial charge in [0.15, 0.2) is 0 Å². The summed E-state index contributed by atoms with van der Waals surface area (Å²) < 4.78 is 0. The standard InChI is InChI=1S/C29H35N3O.ClH/c1-31(2)29(24-8-4-3-5-9-24)16-12-22(13-17-29)20-28(33)32-18-14-23(15-19-32)26-21-30-27-11-7-6-10-25(26)27;/h3-11,20-21,23,30H,12-19H2,1-2H3;1H. The lowest BCUT2D eigenvalue weighted by Crippen LogP contribution is -2.43. The number of benzene rings is 2. The Labute approximate surface area is 209 Å². The third-order valence-electron chi connectivity index (χ3n) is 8.08. The number of aromatic amines is 1. The highest BCUT2D eigenvalue weighted by Crippen LogP contribution is 2.43. The van der Waals surface area contributed by atoms with Gasteiger partial charge in [-0.3, -0.25) is 9.69 Å². The second kappa shape index (κ2) is 10.4. The zero-order valence-electron chi connectivity index (χ0n) is 20.3. The molecule has 2 heterocycles. The number of para-hydroxylation sites is 1. The smallest absolute Gasteiger partial charge is 0.246 e. The molecule has 5 heteroatoms. The molecule has 3 aromatic rings. The molecule has 1 aliphatic carbocycles. The summed E-state index contributed by atoms with van der Waals surface area (Å²) in [4.78, 5) is 20.9. The number of fused-ring (bicyclic) bond motifs is 1. The van der Waals surface area contributed by atoms with Crippen LogP contribution in [0.2, 0.25) is 0 Å². The summed E-state index contributed by atoms with van der Waals surface area (Å²) in [5.74, 6) is 0.735. The molecule has 0 radical (unpaired) electrons. The number of likely N-dealkylation sites (tertiary alicyclic amines) is 1. The molecular formula is C29H36ClN3O. The number of halogens is 1. The fourth-order valence-electron chi connectivity index (χ4n) is 5.98. The van der Waals surface area contributed by atoms with Gasteiger partial charge in [-0.15, -0.1) is 12.4 Å². The van der Waals surface area contributed by atoms with Crippen LogP contribution < -0.4 is 0 Å². The van der Waals surface area contributed by atoms with Crippen molar-refractivity contribution in [1.29, 1.82) is 0 Å². The van der Waals surface area contributed by atoms with E-state index >= 15 is 0 Å². The highest BCUT2D eigenvalue weighted by molar-refractivity contribution is 5.88. The SMILES string of the molecule is CN(C)C1(c2ccccc2)CCC(=CC(=O)N2CCC(c3c[nH]c4ccccc34)CC2)CC1.Cl. The van der Waals surface area contributed by atoms with E-state index in [2.05, 4.69) is 89.7 Å². The van der Waals surface area contributed by atoms with Gasteiger partial charge in [0, 0.05) is 41.8 Å². The van der Waals surface area contributed by atoms with Crippen LogP contribution in [0.4, 0.5) is 0 Å². The lowest BCUT2D eigenvalue weighted by Gasteiger charge is -2.44. The van der Waals surface area contributed by atoms with E-state index in [9.17, 15) is 4.79 Å². The van der Waals surface area contributed by atoms with Gasteiger partial charge in [0.05, 0.1) is 0 Å². The molecule has 2 fully saturated rings. The van der Waals surface area contributed by atoms with Crippen molar-refractivity contribution >= 4 is 29.2 Å².